The molecule has 0 radical (unpaired) electrons. The zero-order valence-corrected chi connectivity index (χ0v) is 11.4. The maximum Gasteiger partial charge on any atom is 0.270 e. The Morgan fingerprint density at radius 1 is 1.33 bits per heavy atom. The summed E-state index contributed by atoms with van der Waals surface area (Å²) >= 11 is 3.28. The van der Waals surface area contributed by atoms with Gasteiger partial charge in [0.25, 0.3) is 5.91 Å². The molecule has 1 N–H and O–H groups in total. The van der Waals surface area contributed by atoms with Crippen LogP contribution in [0.5, 0.6) is 0 Å². The first kappa shape index (κ1) is 12.7. The zero-order chi connectivity index (χ0) is 13.0. The van der Waals surface area contributed by atoms with Crippen molar-refractivity contribution in [3.8, 4) is 0 Å². The Labute approximate surface area is 114 Å². The monoisotopic (exact) mass is 305 g/mol. The lowest BCUT2D eigenvalue weighted by Gasteiger charge is -2.06. The number of hydrogen-bond acceptors (Lipinski definition) is 3. The fraction of sp³-hybridized carbons (Fsp3) is 0.154. The molecule has 0 aromatic carbocycles. The molecule has 0 saturated carbocycles. The molecule has 18 heavy (non-hydrogen) atoms. The van der Waals surface area contributed by atoms with Crippen LogP contribution in [0.15, 0.2) is 41.1 Å². The minimum Gasteiger partial charge on any atom is -0.345 e. The molecule has 0 atom stereocenters. The van der Waals surface area contributed by atoms with Gasteiger partial charge in [-0.2, -0.15) is 0 Å². The van der Waals surface area contributed by atoms with Gasteiger partial charge in [0.15, 0.2) is 0 Å². The number of pyridine rings is 2. The molecule has 2 aromatic rings. The first-order chi connectivity index (χ1) is 8.66. The summed E-state index contributed by atoms with van der Waals surface area (Å²) in [5, 5.41) is 2.80. The van der Waals surface area contributed by atoms with Crippen molar-refractivity contribution >= 4 is 21.8 Å². The Bertz CT molecular complexity index is 554. The fourth-order valence-corrected chi connectivity index (χ4v) is 1.70. The van der Waals surface area contributed by atoms with Crippen LogP contribution in [0, 0.1) is 6.92 Å². The Hall–Kier alpha value is -1.75. The fourth-order valence-electron chi connectivity index (χ4n) is 1.47. The summed E-state index contributed by atoms with van der Waals surface area (Å²) in [5.74, 6) is -0.201. The van der Waals surface area contributed by atoms with E-state index in [1.54, 1.807) is 24.5 Å². The van der Waals surface area contributed by atoms with Crippen LogP contribution in [0.2, 0.25) is 0 Å². The maximum absolute atomic E-state index is 11.8. The highest BCUT2D eigenvalue weighted by atomic mass is 79.9. The van der Waals surface area contributed by atoms with E-state index in [-0.39, 0.29) is 5.91 Å². The molecule has 0 aliphatic rings. The normalized spacial score (nSPS) is 10.1. The molecule has 92 valence electrons. The molecule has 4 nitrogen and oxygen atoms in total. The lowest BCUT2D eigenvalue weighted by molar-refractivity contribution is 0.0945. The van der Waals surface area contributed by atoms with E-state index in [2.05, 4.69) is 31.2 Å². The quantitative estimate of drug-likeness (QED) is 0.948. The van der Waals surface area contributed by atoms with Crippen molar-refractivity contribution in [1.82, 2.24) is 15.3 Å². The molecule has 0 bridgehead atoms. The summed E-state index contributed by atoms with van der Waals surface area (Å²) in [5.41, 5.74) is 2.32. The van der Waals surface area contributed by atoms with E-state index < -0.39 is 0 Å². The van der Waals surface area contributed by atoms with Crippen LogP contribution in [-0.2, 0) is 6.54 Å². The molecule has 0 fully saturated rings. The second-order valence-electron chi connectivity index (χ2n) is 3.81. The molecule has 0 saturated heterocycles. The van der Waals surface area contributed by atoms with Crippen LogP contribution in [0.3, 0.4) is 0 Å². The van der Waals surface area contributed by atoms with Crippen molar-refractivity contribution in [2.75, 3.05) is 0 Å². The predicted molar refractivity (Wildman–Crippen MR) is 72.1 cm³/mol. The number of nitrogens with one attached hydrogen (secondary N) is 1. The number of amides is 1. The number of aryl methyl sites for hydroxylation is 1. The van der Waals surface area contributed by atoms with E-state index in [4.69, 9.17) is 0 Å². The third-order valence-corrected chi connectivity index (χ3v) is 2.96. The highest BCUT2D eigenvalue weighted by Crippen LogP contribution is 2.08. The Kier molecular flexibility index (Phi) is 4.04. The van der Waals surface area contributed by atoms with E-state index >= 15 is 0 Å². The van der Waals surface area contributed by atoms with Crippen molar-refractivity contribution in [3.63, 3.8) is 0 Å². The van der Waals surface area contributed by atoms with E-state index in [0.29, 0.717) is 12.2 Å². The van der Waals surface area contributed by atoms with Gasteiger partial charge < -0.3 is 5.32 Å². The number of nitrogens with zero attached hydrogens (tertiary/aromatic N) is 2. The van der Waals surface area contributed by atoms with Gasteiger partial charge in [0.2, 0.25) is 0 Å². The van der Waals surface area contributed by atoms with Gasteiger partial charge in [-0.1, -0.05) is 6.07 Å². The zero-order valence-electron chi connectivity index (χ0n) is 9.85. The average molecular weight is 306 g/mol. The van der Waals surface area contributed by atoms with E-state index in [9.17, 15) is 4.79 Å². The molecule has 2 rings (SSSR count). The number of carbonyl (C=O) groups excluding carboxylic acids is 1. The third-order valence-electron chi connectivity index (χ3n) is 2.49. The molecule has 2 heterocycles. The first-order valence-electron chi connectivity index (χ1n) is 5.47. The summed E-state index contributed by atoms with van der Waals surface area (Å²) in [4.78, 5) is 20.1. The van der Waals surface area contributed by atoms with Crippen LogP contribution in [-0.4, -0.2) is 15.9 Å². The Morgan fingerprint density at radius 2 is 2.17 bits per heavy atom. The first-order valence-corrected chi connectivity index (χ1v) is 6.26. The van der Waals surface area contributed by atoms with E-state index in [1.807, 2.05) is 19.1 Å². The van der Waals surface area contributed by atoms with Crippen LogP contribution < -0.4 is 5.32 Å². The number of aromatic nitrogens is 2. The lowest BCUT2D eigenvalue weighted by atomic mass is 10.2. The predicted octanol–water partition coefficient (Wildman–Crippen LogP) is 2.48. The molecule has 1 amide bonds. The summed E-state index contributed by atoms with van der Waals surface area (Å²) < 4.78 is 0.847. The van der Waals surface area contributed by atoms with Gasteiger partial charge in [-0.05, 0) is 46.6 Å². The topological polar surface area (TPSA) is 54.9 Å². The molecule has 0 aliphatic heterocycles. The highest BCUT2D eigenvalue weighted by Gasteiger charge is 2.07. The van der Waals surface area contributed by atoms with Gasteiger partial charge in [0.05, 0.1) is 12.2 Å². The van der Waals surface area contributed by atoms with Gasteiger partial charge in [-0.15, -0.1) is 0 Å². The van der Waals surface area contributed by atoms with Crippen LogP contribution >= 0.6 is 15.9 Å². The third kappa shape index (κ3) is 3.13. The molecule has 5 heteroatoms. The van der Waals surface area contributed by atoms with Crippen LogP contribution in [0.1, 0.15) is 21.7 Å². The summed E-state index contributed by atoms with van der Waals surface area (Å²) in [7, 11) is 0. The Morgan fingerprint density at radius 3 is 2.83 bits per heavy atom. The van der Waals surface area contributed by atoms with Crippen molar-refractivity contribution in [2.45, 2.75) is 13.5 Å². The average Bonchev–Trinajstić information content (AvgIpc) is 2.38. The van der Waals surface area contributed by atoms with Crippen molar-refractivity contribution < 1.29 is 4.79 Å². The highest BCUT2D eigenvalue weighted by molar-refractivity contribution is 9.10. The van der Waals surface area contributed by atoms with Crippen molar-refractivity contribution in [2.24, 2.45) is 0 Å². The molecule has 0 unspecified atom stereocenters. The number of hydrogen-bond donors (Lipinski definition) is 1. The molecule has 0 aliphatic carbocycles. The second kappa shape index (κ2) is 5.73. The molecular formula is C13H12BrN3O. The van der Waals surface area contributed by atoms with Gasteiger partial charge in [0, 0.05) is 16.9 Å². The molecular weight excluding hydrogens is 294 g/mol. The van der Waals surface area contributed by atoms with Gasteiger partial charge in [-0.3, -0.25) is 9.78 Å². The van der Waals surface area contributed by atoms with Crippen LogP contribution in [0.4, 0.5) is 0 Å². The standard InChI is InChI=1S/C13H12BrN3O/c1-9-3-2-6-15-12(9)8-17-13(18)11-5-4-10(14)7-16-11/h2-7H,8H2,1H3,(H,17,18). The van der Waals surface area contributed by atoms with Gasteiger partial charge in [-0.25, -0.2) is 4.98 Å². The van der Waals surface area contributed by atoms with Crippen molar-refractivity contribution in [1.29, 1.82) is 0 Å². The largest absolute Gasteiger partial charge is 0.345 e. The summed E-state index contributed by atoms with van der Waals surface area (Å²) in [6.45, 7) is 2.37. The Balaban J connectivity index is 2.01. The van der Waals surface area contributed by atoms with Crippen molar-refractivity contribution in [3.05, 3.63) is 58.1 Å². The maximum atomic E-state index is 11.8. The smallest absolute Gasteiger partial charge is 0.270 e. The van der Waals surface area contributed by atoms with Gasteiger partial charge in [0.1, 0.15) is 5.69 Å². The van der Waals surface area contributed by atoms with E-state index in [0.717, 1.165) is 15.7 Å². The summed E-state index contributed by atoms with van der Waals surface area (Å²) in [6, 6.07) is 7.29. The van der Waals surface area contributed by atoms with Crippen LogP contribution in [0.25, 0.3) is 0 Å². The second-order valence-corrected chi connectivity index (χ2v) is 4.73. The molecule has 0 spiro atoms. The lowest BCUT2D eigenvalue weighted by Crippen LogP contribution is -2.24. The SMILES string of the molecule is Cc1cccnc1CNC(=O)c1ccc(Br)cn1. The number of halogens is 1. The molecule has 2 aromatic heterocycles. The number of rotatable bonds is 3. The van der Waals surface area contributed by atoms with Gasteiger partial charge >= 0.3 is 0 Å². The van der Waals surface area contributed by atoms with E-state index in [1.165, 1.54) is 0 Å². The summed E-state index contributed by atoms with van der Waals surface area (Å²) in [6.07, 6.45) is 3.31. The number of carbonyl (C=O) groups is 1. The minimum absolute atomic E-state index is 0.201. The minimum atomic E-state index is -0.201.